The number of carbonyl (C=O) groups excluding carboxylic acids is 1. The maximum atomic E-state index is 13.6. The molecule has 0 N–H and O–H groups in total. The van der Waals surface area contributed by atoms with Crippen LogP contribution in [0, 0.1) is 0 Å². The van der Waals surface area contributed by atoms with E-state index in [-0.39, 0.29) is 18.3 Å². The Morgan fingerprint density at radius 1 is 1.24 bits per heavy atom. The summed E-state index contributed by atoms with van der Waals surface area (Å²) in [6.07, 6.45) is 0.798. The van der Waals surface area contributed by atoms with E-state index >= 15 is 0 Å². The van der Waals surface area contributed by atoms with E-state index < -0.39 is 0 Å². The second-order valence-electron chi connectivity index (χ2n) is 7.84. The Hall–Kier alpha value is -2.36. The average Bonchev–Trinajstić information content (AvgIpc) is 3.48. The lowest BCUT2D eigenvalue weighted by Gasteiger charge is -2.27. The summed E-state index contributed by atoms with van der Waals surface area (Å²) < 4.78 is 17.6. The first-order valence-corrected chi connectivity index (χ1v) is 12.1. The van der Waals surface area contributed by atoms with Crippen LogP contribution >= 0.6 is 35.3 Å². The highest BCUT2D eigenvalue weighted by molar-refractivity contribution is 7.23. The minimum absolute atomic E-state index is 0. The van der Waals surface area contributed by atoms with Crippen LogP contribution in [0.4, 0.5) is 5.13 Å². The van der Waals surface area contributed by atoms with Crippen LogP contribution in [0.1, 0.15) is 17.0 Å². The smallest absolute Gasteiger partial charge is 0.295 e. The fourth-order valence-corrected chi connectivity index (χ4v) is 5.28. The normalized spacial score (nSPS) is 14.3. The second-order valence-corrected chi connectivity index (χ2v) is 9.22. The Kier molecular flexibility index (Phi) is 7.95. The number of fused-ring (bicyclic) bond motifs is 2. The van der Waals surface area contributed by atoms with Crippen LogP contribution in [0.2, 0.25) is 5.02 Å². The van der Waals surface area contributed by atoms with Gasteiger partial charge in [-0.15, -0.1) is 12.4 Å². The highest BCUT2D eigenvalue weighted by Crippen LogP contribution is 2.39. The van der Waals surface area contributed by atoms with Crippen LogP contribution in [-0.4, -0.2) is 62.3 Å². The molecule has 34 heavy (non-hydrogen) atoms. The molecule has 1 saturated heterocycles. The summed E-state index contributed by atoms with van der Waals surface area (Å²) in [6.45, 7) is 4.70. The van der Waals surface area contributed by atoms with E-state index in [0.717, 1.165) is 49.4 Å². The minimum Gasteiger partial charge on any atom is -0.494 e. The van der Waals surface area contributed by atoms with Gasteiger partial charge < -0.3 is 13.9 Å². The van der Waals surface area contributed by atoms with Crippen molar-refractivity contribution in [2.24, 2.45) is 0 Å². The molecular weight excluding hydrogens is 497 g/mol. The molecule has 2 aromatic carbocycles. The Morgan fingerprint density at radius 2 is 2.03 bits per heavy atom. The van der Waals surface area contributed by atoms with Crippen molar-refractivity contribution < 1.29 is 18.7 Å². The van der Waals surface area contributed by atoms with Crippen LogP contribution in [0.25, 0.3) is 21.2 Å². The van der Waals surface area contributed by atoms with Gasteiger partial charge in [-0.3, -0.25) is 14.6 Å². The number of ether oxygens (including phenoxy) is 2. The van der Waals surface area contributed by atoms with Crippen molar-refractivity contribution in [3.63, 3.8) is 0 Å². The molecule has 3 heterocycles. The lowest BCUT2D eigenvalue weighted by molar-refractivity contribution is 0.0376. The van der Waals surface area contributed by atoms with Crippen molar-refractivity contribution in [1.29, 1.82) is 0 Å². The summed E-state index contributed by atoms with van der Waals surface area (Å²) in [7, 11) is 1.60. The number of para-hydroxylation sites is 1. The molecule has 10 heteroatoms. The zero-order valence-electron chi connectivity index (χ0n) is 18.7. The average molecular weight is 522 g/mol. The molecule has 1 fully saturated rings. The van der Waals surface area contributed by atoms with Gasteiger partial charge in [-0.1, -0.05) is 41.1 Å². The summed E-state index contributed by atoms with van der Waals surface area (Å²) in [6, 6.07) is 13.0. The zero-order chi connectivity index (χ0) is 22.8. The van der Waals surface area contributed by atoms with Crippen LogP contribution in [0.15, 0.2) is 46.9 Å². The first kappa shape index (κ1) is 24.8. The Bertz CT molecular complexity index is 1250. The van der Waals surface area contributed by atoms with Crippen molar-refractivity contribution in [3.8, 4) is 5.75 Å². The largest absolute Gasteiger partial charge is 0.494 e. The van der Waals surface area contributed by atoms with Crippen molar-refractivity contribution in [2.75, 3.05) is 51.4 Å². The maximum Gasteiger partial charge on any atom is 0.295 e. The number of carbonyl (C=O) groups is 1. The second kappa shape index (κ2) is 10.9. The number of amides is 1. The van der Waals surface area contributed by atoms with Gasteiger partial charge in [-0.25, -0.2) is 4.98 Å². The Labute approximate surface area is 212 Å². The van der Waals surface area contributed by atoms with Gasteiger partial charge in [-0.05, 0) is 30.7 Å². The van der Waals surface area contributed by atoms with Crippen molar-refractivity contribution in [3.05, 3.63) is 53.2 Å². The summed E-state index contributed by atoms with van der Waals surface area (Å²) in [4.78, 5) is 22.4. The monoisotopic (exact) mass is 521 g/mol. The molecule has 180 valence electrons. The first-order valence-electron chi connectivity index (χ1n) is 10.9. The van der Waals surface area contributed by atoms with E-state index in [1.807, 2.05) is 24.3 Å². The molecule has 4 aromatic rings. The minimum atomic E-state index is -0.220. The van der Waals surface area contributed by atoms with E-state index in [1.165, 1.54) is 11.3 Å². The van der Waals surface area contributed by atoms with Gasteiger partial charge in [0, 0.05) is 31.6 Å². The zero-order valence-corrected chi connectivity index (χ0v) is 21.0. The molecule has 1 amide bonds. The Morgan fingerprint density at radius 3 is 2.79 bits per heavy atom. The molecule has 1 aliphatic rings. The molecule has 0 radical (unpaired) electrons. The predicted octanol–water partition coefficient (Wildman–Crippen LogP) is 5.50. The van der Waals surface area contributed by atoms with Gasteiger partial charge in [0.05, 0.1) is 30.0 Å². The molecule has 0 saturated carbocycles. The standard InChI is InChI=1S/C24H24ClN3O4S.ClH/c1-30-19-8-7-17(25)22-21(19)26-24(33-22)28(10-4-9-27-11-13-31-14-12-27)23(29)20-15-16-5-2-3-6-18(16)32-20;/h2-3,5-8,15H,4,9-14H2,1H3;1H. The number of benzene rings is 2. The number of aromatic nitrogens is 1. The van der Waals surface area contributed by atoms with Crippen molar-refractivity contribution in [1.82, 2.24) is 9.88 Å². The van der Waals surface area contributed by atoms with Crippen LogP contribution in [0.3, 0.4) is 0 Å². The third-order valence-corrected chi connectivity index (χ3v) is 7.28. The molecule has 0 aliphatic carbocycles. The van der Waals surface area contributed by atoms with E-state index in [1.54, 1.807) is 30.2 Å². The first-order chi connectivity index (χ1) is 16.1. The molecule has 1 aliphatic heterocycles. The van der Waals surface area contributed by atoms with E-state index in [2.05, 4.69) is 4.90 Å². The van der Waals surface area contributed by atoms with Gasteiger partial charge in [0.2, 0.25) is 0 Å². The lowest BCUT2D eigenvalue weighted by atomic mass is 10.2. The predicted molar refractivity (Wildman–Crippen MR) is 138 cm³/mol. The lowest BCUT2D eigenvalue weighted by Crippen LogP contribution is -2.39. The van der Waals surface area contributed by atoms with E-state index in [9.17, 15) is 4.79 Å². The van der Waals surface area contributed by atoms with E-state index in [0.29, 0.717) is 39.3 Å². The maximum absolute atomic E-state index is 13.6. The SMILES string of the molecule is COc1ccc(Cl)c2sc(N(CCCN3CCOCC3)C(=O)c3cc4ccccc4o3)nc12.Cl. The number of morpholine rings is 1. The number of methoxy groups -OCH3 is 1. The molecule has 5 rings (SSSR count). The number of furan rings is 1. The molecular formula is C24H25Cl2N3O4S. The van der Waals surface area contributed by atoms with Gasteiger partial charge in [-0.2, -0.15) is 0 Å². The third-order valence-electron chi connectivity index (χ3n) is 5.74. The number of hydrogen-bond donors (Lipinski definition) is 0. The Balaban J connectivity index is 0.00000274. The van der Waals surface area contributed by atoms with Gasteiger partial charge in [0.25, 0.3) is 5.91 Å². The van der Waals surface area contributed by atoms with Crippen molar-refractivity contribution >= 4 is 67.6 Å². The molecule has 0 bridgehead atoms. The summed E-state index contributed by atoms with van der Waals surface area (Å²) >= 11 is 7.82. The fraction of sp³-hybridized carbons (Fsp3) is 0.333. The number of rotatable bonds is 7. The van der Waals surface area contributed by atoms with E-state index in [4.69, 9.17) is 30.5 Å². The molecule has 0 unspecified atom stereocenters. The van der Waals surface area contributed by atoms with Gasteiger partial charge in [0.15, 0.2) is 10.9 Å². The summed E-state index contributed by atoms with van der Waals surface area (Å²) in [5.74, 6) is 0.698. The topological polar surface area (TPSA) is 68.0 Å². The van der Waals surface area contributed by atoms with Gasteiger partial charge >= 0.3 is 0 Å². The number of nitrogens with zero attached hydrogens (tertiary/aromatic N) is 3. The van der Waals surface area contributed by atoms with Gasteiger partial charge in [0.1, 0.15) is 16.8 Å². The third kappa shape index (κ3) is 5.01. The quantitative estimate of drug-likeness (QED) is 0.320. The number of hydrogen-bond acceptors (Lipinski definition) is 7. The fourth-order valence-electron chi connectivity index (χ4n) is 4.00. The van der Waals surface area contributed by atoms with Crippen LogP contribution in [0.5, 0.6) is 5.75 Å². The highest BCUT2D eigenvalue weighted by atomic mass is 35.5. The van der Waals surface area contributed by atoms with Crippen LogP contribution < -0.4 is 9.64 Å². The highest BCUT2D eigenvalue weighted by Gasteiger charge is 2.26. The molecule has 7 nitrogen and oxygen atoms in total. The number of anilines is 1. The number of thiazole rings is 1. The van der Waals surface area contributed by atoms with Crippen molar-refractivity contribution in [2.45, 2.75) is 6.42 Å². The van der Waals surface area contributed by atoms with Crippen LogP contribution in [-0.2, 0) is 4.74 Å². The summed E-state index contributed by atoms with van der Waals surface area (Å²) in [5.41, 5.74) is 1.34. The molecule has 0 spiro atoms. The molecule has 0 atom stereocenters. The molecule has 2 aromatic heterocycles. The number of halogens is 2. The summed E-state index contributed by atoms with van der Waals surface area (Å²) in [5, 5.41) is 2.05.